The topological polar surface area (TPSA) is 82.0 Å². The number of ether oxygens (including phenoxy) is 3. The van der Waals surface area contributed by atoms with Gasteiger partial charge in [-0.1, -0.05) is 6.07 Å². The third-order valence-corrected chi connectivity index (χ3v) is 4.12. The predicted molar refractivity (Wildman–Crippen MR) is 111 cm³/mol. The van der Waals surface area contributed by atoms with Crippen LogP contribution in [0.4, 0.5) is 13.2 Å². The molecule has 0 radical (unpaired) electrons. The van der Waals surface area contributed by atoms with Crippen LogP contribution in [-0.4, -0.2) is 37.7 Å². The lowest BCUT2D eigenvalue weighted by Gasteiger charge is -2.09. The van der Waals surface area contributed by atoms with Crippen LogP contribution in [-0.2, 0) is 0 Å². The first-order valence-electron chi connectivity index (χ1n) is 9.17. The van der Waals surface area contributed by atoms with E-state index in [0.29, 0.717) is 28.3 Å². The van der Waals surface area contributed by atoms with Gasteiger partial charge in [0.25, 0.3) is 5.91 Å². The minimum atomic E-state index is -4.77. The minimum absolute atomic E-state index is 0.0819. The van der Waals surface area contributed by atoms with E-state index in [9.17, 15) is 18.0 Å². The van der Waals surface area contributed by atoms with Gasteiger partial charge in [0, 0.05) is 17.2 Å². The lowest BCUT2D eigenvalue weighted by atomic mass is 10.1. The third kappa shape index (κ3) is 6.21. The van der Waals surface area contributed by atoms with Crippen molar-refractivity contribution in [3.8, 4) is 28.5 Å². The summed E-state index contributed by atoms with van der Waals surface area (Å²) in [5, 5.41) is 3.92. The van der Waals surface area contributed by atoms with Gasteiger partial charge in [-0.05, 0) is 48.5 Å². The van der Waals surface area contributed by atoms with E-state index in [1.54, 1.807) is 30.3 Å². The summed E-state index contributed by atoms with van der Waals surface area (Å²) >= 11 is 0. The van der Waals surface area contributed by atoms with E-state index in [-0.39, 0.29) is 11.4 Å². The van der Waals surface area contributed by atoms with Crippen molar-refractivity contribution < 1.29 is 32.2 Å². The Labute approximate surface area is 181 Å². The summed E-state index contributed by atoms with van der Waals surface area (Å²) in [7, 11) is 3.04. The SMILES string of the molecule is COc1cc(/C=N/NC(=O)c2cccc(-c3ccc(OC(F)(F)F)cc3)n2)cc(OC)c1. The lowest BCUT2D eigenvalue weighted by molar-refractivity contribution is -0.274. The Bertz CT molecular complexity index is 1090. The molecule has 1 N–H and O–H groups in total. The smallest absolute Gasteiger partial charge is 0.497 e. The maximum atomic E-state index is 12.4. The van der Waals surface area contributed by atoms with Crippen molar-refractivity contribution in [3.63, 3.8) is 0 Å². The Morgan fingerprint density at radius 1 is 0.969 bits per heavy atom. The van der Waals surface area contributed by atoms with E-state index in [0.717, 1.165) is 0 Å². The van der Waals surface area contributed by atoms with Crippen molar-refractivity contribution in [2.24, 2.45) is 5.10 Å². The summed E-state index contributed by atoms with van der Waals surface area (Å²) < 4.78 is 51.1. The molecule has 7 nitrogen and oxygen atoms in total. The number of carbonyl (C=O) groups is 1. The first-order valence-corrected chi connectivity index (χ1v) is 9.17. The second-order valence-corrected chi connectivity index (χ2v) is 6.33. The number of rotatable bonds is 7. The molecule has 0 atom stereocenters. The molecular weight excluding hydrogens is 427 g/mol. The summed E-state index contributed by atoms with van der Waals surface area (Å²) in [6.45, 7) is 0. The van der Waals surface area contributed by atoms with Gasteiger partial charge in [0.15, 0.2) is 0 Å². The van der Waals surface area contributed by atoms with Crippen LogP contribution in [0, 0.1) is 0 Å². The Kier molecular flexibility index (Phi) is 6.93. The van der Waals surface area contributed by atoms with E-state index in [1.807, 2.05) is 0 Å². The van der Waals surface area contributed by atoms with E-state index in [2.05, 4.69) is 20.2 Å². The first-order chi connectivity index (χ1) is 15.3. The van der Waals surface area contributed by atoms with Crippen LogP contribution in [0.2, 0.25) is 0 Å². The molecule has 0 aliphatic rings. The van der Waals surface area contributed by atoms with Gasteiger partial charge in [0.1, 0.15) is 22.9 Å². The van der Waals surface area contributed by atoms with Crippen LogP contribution < -0.4 is 19.6 Å². The van der Waals surface area contributed by atoms with Crippen LogP contribution in [0.1, 0.15) is 16.1 Å². The molecule has 32 heavy (non-hydrogen) atoms. The number of pyridine rings is 1. The molecule has 0 aliphatic carbocycles. The molecule has 0 spiro atoms. The molecule has 1 heterocycles. The number of aromatic nitrogens is 1. The van der Waals surface area contributed by atoms with Crippen LogP contribution in [0.5, 0.6) is 17.2 Å². The number of nitrogens with one attached hydrogen (secondary N) is 1. The van der Waals surface area contributed by atoms with Crippen molar-refractivity contribution in [1.82, 2.24) is 10.4 Å². The summed E-state index contributed by atoms with van der Waals surface area (Å²) in [6.07, 6.45) is -3.35. The largest absolute Gasteiger partial charge is 0.573 e. The normalized spacial score (nSPS) is 11.3. The fraction of sp³-hybridized carbons (Fsp3) is 0.136. The summed E-state index contributed by atoms with van der Waals surface area (Å²) in [5.74, 6) is 0.227. The highest BCUT2D eigenvalue weighted by Gasteiger charge is 2.31. The molecule has 0 bridgehead atoms. The van der Waals surface area contributed by atoms with Gasteiger partial charge in [0.2, 0.25) is 0 Å². The van der Waals surface area contributed by atoms with Crippen molar-refractivity contribution in [3.05, 3.63) is 71.9 Å². The molecule has 10 heteroatoms. The molecule has 3 rings (SSSR count). The average Bonchev–Trinajstić information content (AvgIpc) is 2.78. The number of hydrogen-bond acceptors (Lipinski definition) is 6. The molecule has 3 aromatic rings. The van der Waals surface area contributed by atoms with Crippen molar-refractivity contribution >= 4 is 12.1 Å². The van der Waals surface area contributed by atoms with E-state index < -0.39 is 12.3 Å². The van der Waals surface area contributed by atoms with E-state index in [1.165, 1.54) is 50.8 Å². The number of alkyl halides is 3. The molecule has 0 saturated heterocycles. The molecule has 0 fully saturated rings. The first kappa shape index (κ1) is 22.6. The molecule has 0 unspecified atom stereocenters. The van der Waals surface area contributed by atoms with Crippen molar-refractivity contribution in [2.75, 3.05) is 14.2 Å². The van der Waals surface area contributed by atoms with Gasteiger partial charge in [0.05, 0.1) is 26.1 Å². The zero-order chi connectivity index (χ0) is 23.1. The van der Waals surface area contributed by atoms with Crippen molar-refractivity contribution in [1.29, 1.82) is 0 Å². The number of hydrogen-bond donors (Lipinski definition) is 1. The second kappa shape index (κ2) is 9.82. The standard InChI is InChI=1S/C22H18F3N3O4/c1-30-17-10-14(11-18(12-17)31-2)13-26-28-21(29)20-5-3-4-19(27-20)15-6-8-16(9-7-15)32-22(23,24)25/h3-13H,1-2H3,(H,28,29)/b26-13+. The zero-order valence-electron chi connectivity index (χ0n) is 17.0. The number of amides is 1. The van der Waals surface area contributed by atoms with E-state index >= 15 is 0 Å². The van der Waals surface area contributed by atoms with Crippen LogP contribution >= 0.6 is 0 Å². The monoisotopic (exact) mass is 445 g/mol. The Morgan fingerprint density at radius 2 is 1.62 bits per heavy atom. The highest BCUT2D eigenvalue weighted by Crippen LogP contribution is 2.26. The van der Waals surface area contributed by atoms with Crippen molar-refractivity contribution in [2.45, 2.75) is 6.36 Å². The van der Waals surface area contributed by atoms with Gasteiger partial charge in [-0.15, -0.1) is 13.2 Å². The number of hydrazone groups is 1. The molecular formula is C22H18F3N3O4. The average molecular weight is 445 g/mol. The van der Waals surface area contributed by atoms with Crippen LogP contribution in [0.25, 0.3) is 11.3 Å². The van der Waals surface area contributed by atoms with Gasteiger partial charge in [-0.2, -0.15) is 5.10 Å². The Morgan fingerprint density at radius 3 is 2.22 bits per heavy atom. The fourth-order valence-corrected chi connectivity index (χ4v) is 2.68. The van der Waals surface area contributed by atoms with Gasteiger partial charge in [-0.3, -0.25) is 4.79 Å². The van der Waals surface area contributed by atoms with Gasteiger partial charge in [-0.25, -0.2) is 10.4 Å². The number of carbonyl (C=O) groups excluding carboxylic acids is 1. The molecule has 2 aromatic carbocycles. The molecule has 0 aliphatic heterocycles. The highest BCUT2D eigenvalue weighted by molar-refractivity contribution is 5.93. The molecule has 1 aromatic heterocycles. The number of benzene rings is 2. The number of halogens is 3. The summed E-state index contributed by atoms with van der Waals surface area (Å²) in [6, 6.07) is 15.0. The summed E-state index contributed by atoms with van der Waals surface area (Å²) in [4.78, 5) is 16.6. The summed E-state index contributed by atoms with van der Waals surface area (Å²) in [5.41, 5.74) is 4.02. The Balaban J connectivity index is 1.70. The maximum Gasteiger partial charge on any atom is 0.573 e. The van der Waals surface area contributed by atoms with Crippen LogP contribution in [0.15, 0.2) is 65.8 Å². The maximum absolute atomic E-state index is 12.4. The molecule has 0 saturated carbocycles. The molecule has 1 amide bonds. The lowest BCUT2D eigenvalue weighted by Crippen LogP contribution is -2.19. The number of methoxy groups -OCH3 is 2. The Hall–Kier alpha value is -4.08. The van der Waals surface area contributed by atoms with Gasteiger partial charge >= 0.3 is 6.36 Å². The number of nitrogens with zero attached hydrogens (tertiary/aromatic N) is 2. The molecule has 166 valence electrons. The quantitative estimate of drug-likeness (QED) is 0.430. The van der Waals surface area contributed by atoms with Crippen LogP contribution in [0.3, 0.4) is 0 Å². The van der Waals surface area contributed by atoms with E-state index in [4.69, 9.17) is 9.47 Å². The highest BCUT2D eigenvalue weighted by atomic mass is 19.4. The predicted octanol–water partition coefficient (Wildman–Crippen LogP) is 4.43. The third-order valence-electron chi connectivity index (χ3n) is 4.12. The zero-order valence-corrected chi connectivity index (χ0v) is 17.0. The van der Waals surface area contributed by atoms with Gasteiger partial charge < -0.3 is 14.2 Å². The minimum Gasteiger partial charge on any atom is -0.497 e. The second-order valence-electron chi connectivity index (χ2n) is 6.33. The fourth-order valence-electron chi connectivity index (χ4n) is 2.68.